The van der Waals surface area contributed by atoms with Crippen molar-refractivity contribution < 1.29 is 24.0 Å². The maximum Gasteiger partial charge on any atom is 0.265 e. The van der Waals surface area contributed by atoms with Crippen molar-refractivity contribution in [3.63, 3.8) is 0 Å². The molecular weight excluding hydrogens is 510 g/mol. The third-order valence-corrected chi connectivity index (χ3v) is 8.52. The lowest BCUT2D eigenvalue weighted by molar-refractivity contribution is -0.136. The number of anilines is 2. The van der Waals surface area contributed by atoms with Crippen LogP contribution in [0.3, 0.4) is 0 Å². The average molecular weight is 546 g/mol. The Kier molecular flexibility index (Phi) is 6.95. The lowest BCUT2D eigenvalue weighted by Gasteiger charge is -2.32. The van der Waals surface area contributed by atoms with Crippen LogP contribution in [0.2, 0.25) is 0 Å². The van der Waals surface area contributed by atoms with Crippen LogP contribution in [0.5, 0.6) is 5.75 Å². The molecule has 40 heavy (non-hydrogen) atoms. The first-order chi connectivity index (χ1) is 19.3. The molecule has 0 saturated carbocycles. The number of carbonyl (C=O) groups is 2. The summed E-state index contributed by atoms with van der Waals surface area (Å²) < 4.78 is 11.2. The van der Waals surface area contributed by atoms with E-state index in [0.29, 0.717) is 55.8 Å². The quantitative estimate of drug-likeness (QED) is 0.517. The molecule has 10 nitrogen and oxygen atoms in total. The number of hydrogen-bond donors (Lipinski definition) is 1. The van der Waals surface area contributed by atoms with Crippen molar-refractivity contribution in [1.82, 2.24) is 15.0 Å². The smallest absolute Gasteiger partial charge is 0.265 e. The molecule has 6 rings (SSSR count). The Morgan fingerprint density at radius 3 is 2.65 bits per heavy atom. The van der Waals surface area contributed by atoms with Gasteiger partial charge in [0.2, 0.25) is 17.6 Å². The van der Waals surface area contributed by atoms with E-state index in [-0.39, 0.29) is 30.3 Å². The van der Waals surface area contributed by atoms with Gasteiger partial charge in [0.15, 0.2) is 6.61 Å². The van der Waals surface area contributed by atoms with Crippen molar-refractivity contribution in [3.05, 3.63) is 53.4 Å². The van der Waals surface area contributed by atoms with Gasteiger partial charge in [-0.25, -0.2) is 0 Å². The first kappa shape index (κ1) is 26.3. The molecule has 0 spiro atoms. The summed E-state index contributed by atoms with van der Waals surface area (Å²) in [6, 6.07) is 11.7. The van der Waals surface area contributed by atoms with Crippen molar-refractivity contribution in [3.8, 4) is 17.1 Å². The summed E-state index contributed by atoms with van der Waals surface area (Å²) in [6.45, 7) is 8.39. The van der Waals surface area contributed by atoms with E-state index in [9.17, 15) is 14.7 Å². The third kappa shape index (κ3) is 4.81. The summed E-state index contributed by atoms with van der Waals surface area (Å²) in [6.07, 6.45) is 1.24. The van der Waals surface area contributed by atoms with E-state index in [1.165, 1.54) is 11.1 Å². The Balaban J connectivity index is 1.08. The zero-order valence-electron chi connectivity index (χ0n) is 23.2. The number of hydrogen-bond acceptors (Lipinski definition) is 8. The fraction of sp³-hybridized carbons (Fsp3) is 0.467. The van der Waals surface area contributed by atoms with E-state index in [1.54, 1.807) is 4.90 Å². The summed E-state index contributed by atoms with van der Waals surface area (Å²) >= 11 is 0. The van der Waals surface area contributed by atoms with Crippen molar-refractivity contribution in [2.45, 2.75) is 52.2 Å². The topological polar surface area (TPSA) is 112 Å². The Morgan fingerprint density at radius 2 is 1.90 bits per heavy atom. The van der Waals surface area contributed by atoms with Gasteiger partial charge in [-0.3, -0.25) is 9.59 Å². The van der Waals surface area contributed by atoms with E-state index in [0.717, 1.165) is 24.1 Å². The first-order valence-electron chi connectivity index (χ1n) is 14.0. The third-order valence-electron chi connectivity index (χ3n) is 8.52. The number of aromatic nitrogens is 2. The Bertz CT molecular complexity index is 1430. The number of likely N-dealkylation sites (N-methyl/N-ethyl adjacent to an activating group) is 1. The second kappa shape index (κ2) is 10.6. The minimum atomic E-state index is -0.664. The van der Waals surface area contributed by atoms with E-state index in [2.05, 4.69) is 36.1 Å². The maximum atomic E-state index is 13.4. The summed E-state index contributed by atoms with van der Waals surface area (Å²) in [5.74, 6) is 1.56. The van der Waals surface area contributed by atoms with Crippen LogP contribution in [0.4, 0.5) is 11.4 Å². The van der Waals surface area contributed by atoms with Gasteiger partial charge in [0.25, 0.3) is 5.91 Å². The summed E-state index contributed by atoms with van der Waals surface area (Å²) in [7, 11) is 0. The number of aryl methyl sites for hydroxylation is 2. The molecule has 2 fully saturated rings. The van der Waals surface area contributed by atoms with E-state index in [4.69, 9.17) is 9.26 Å². The lowest BCUT2D eigenvalue weighted by Crippen LogP contribution is -2.42. The molecule has 1 aromatic heterocycles. The molecule has 1 N–H and O–H groups in total. The highest BCUT2D eigenvalue weighted by Crippen LogP contribution is 2.37. The fourth-order valence-corrected chi connectivity index (χ4v) is 5.99. The summed E-state index contributed by atoms with van der Waals surface area (Å²) in [5, 5.41) is 14.9. The van der Waals surface area contributed by atoms with E-state index >= 15 is 0 Å². The molecule has 10 heteroatoms. The van der Waals surface area contributed by atoms with Crippen LogP contribution in [0.1, 0.15) is 49.1 Å². The largest absolute Gasteiger partial charge is 0.482 e. The Hall–Kier alpha value is -3.92. The molecule has 2 saturated heterocycles. The molecule has 0 bridgehead atoms. The highest BCUT2D eigenvalue weighted by Gasteiger charge is 2.39. The molecule has 2 aromatic carbocycles. The summed E-state index contributed by atoms with van der Waals surface area (Å²) in [4.78, 5) is 35.8. The minimum absolute atomic E-state index is 0.0414. The normalized spacial score (nSPS) is 21.5. The maximum absolute atomic E-state index is 13.4. The number of rotatable bonds is 5. The molecule has 0 aliphatic carbocycles. The molecular formula is C30H35N5O5. The van der Waals surface area contributed by atoms with Crippen molar-refractivity contribution in [2.24, 2.45) is 5.92 Å². The molecule has 2 atom stereocenters. The van der Waals surface area contributed by atoms with Gasteiger partial charge in [-0.1, -0.05) is 11.2 Å². The van der Waals surface area contributed by atoms with Crippen molar-refractivity contribution in [1.29, 1.82) is 0 Å². The lowest BCUT2D eigenvalue weighted by atomic mass is 9.95. The predicted octanol–water partition coefficient (Wildman–Crippen LogP) is 3.65. The average Bonchev–Trinajstić information content (AvgIpc) is 3.61. The highest BCUT2D eigenvalue weighted by molar-refractivity contribution is 5.98. The Labute approximate surface area is 233 Å². The second-order valence-electron chi connectivity index (χ2n) is 11.0. The zero-order chi connectivity index (χ0) is 28.0. The standard InChI is InChI=1S/C30H35N5O5/c1-4-34-24-14-21(6-8-25(24)39-17-27(34)37)28-31-29(40-32-28)20-9-11-33(12-10-20)30(38)22-15-26(36)35(16-22)23-7-5-18(2)19(3)13-23/h5-8,13-14,20,22,26,36H,4,9-12,15-17H2,1-3H3. The van der Waals surface area contributed by atoms with Gasteiger partial charge in [0.1, 0.15) is 12.0 Å². The molecule has 2 amide bonds. The van der Waals surface area contributed by atoms with Gasteiger partial charge >= 0.3 is 0 Å². The van der Waals surface area contributed by atoms with Crippen molar-refractivity contribution in [2.75, 3.05) is 42.6 Å². The van der Waals surface area contributed by atoms with Gasteiger partial charge in [-0.15, -0.1) is 0 Å². The van der Waals surface area contributed by atoms with Crippen LogP contribution in [0, 0.1) is 19.8 Å². The number of aliphatic hydroxyl groups is 1. The monoisotopic (exact) mass is 545 g/mol. The van der Waals surface area contributed by atoms with Gasteiger partial charge in [0.05, 0.1) is 11.6 Å². The van der Waals surface area contributed by atoms with Crippen LogP contribution < -0.4 is 14.5 Å². The number of amides is 2. The van der Waals surface area contributed by atoms with Crippen LogP contribution in [-0.2, 0) is 9.59 Å². The van der Waals surface area contributed by atoms with Crippen LogP contribution in [-0.4, -0.2) is 71.0 Å². The molecule has 3 aliphatic heterocycles. The molecule has 3 aliphatic rings. The summed E-state index contributed by atoms with van der Waals surface area (Å²) in [5.41, 5.74) is 4.80. The van der Waals surface area contributed by atoms with Crippen LogP contribution >= 0.6 is 0 Å². The number of piperidine rings is 1. The zero-order valence-corrected chi connectivity index (χ0v) is 23.2. The predicted molar refractivity (Wildman–Crippen MR) is 149 cm³/mol. The number of aliphatic hydroxyl groups excluding tert-OH is 1. The highest BCUT2D eigenvalue weighted by atomic mass is 16.5. The van der Waals surface area contributed by atoms with Gasteiger partial charge in [-0.05, 0) is 75.1 Å². The number of benzene rings is 2. The van der Waals surface area contributed by atoms with Gasteiger partial charge in [-0.2, -0.15) is 4.98 Å². The molecule has 3 aromatic rings. The first-order valence-corrected chi connectivity index (χ1v) is 14.0. The van der Waals surface area contributed by atoms with E-state index < -0.39 is 6.23 Å². The number of nitrogens with zero attached hydrogens (tertiary/aromatic N) is 5. The second-order valence-corrected chi connectivity index (χ2v) is 11.0. The van der Waals surface area contributed by atoms with Crippen LogP contribution in [0.25, 0.3) is 11.4 Å². The number of carbonyl (C=O) groups excluding carboxylic acids is 2. The van der Waals surface area contributed by atoms with Gasteiger partial charge < -0.3 is 29.1 Å². The number of likely N-dealkylation sites (tertiary alicyclic amines) is 1. The molecule has 4 heterocycles. The molecule has 2 unspecified atom stereocenters. The molecule has 210 valence electrons. The number of fused-ring (bicyclic) bond motifs is 1. The van der Waals surface area contributed by atoms with E-state index in [1.807, 2.05) is 41.0 Å². The SMILES string of the molecule is CCN1C(=O)COc2ccc(-c3noc(C4CCN(C(=O)C5CC(O)N(c6ccc(C)c(C)c6)C5)CC4)n3)cc21. The number of ether oxygens (including phenoxy) is 1. The Morgan fingerprint density at radius 1 is 1.10 bits per heavy atom. The van der Waals surface area contributed by atoms with Gasteiger partial charge in [0, 0.05) is 49.8 Å². The van der Waals surface area contributed by atoms with Crippen molar-refractivity contribution >= 4 is 23.2 Å². The molecule has 0 radical (unpaired) electrons. The fourth-order valence-electron chi connectivity index (χ4n) is 5.99. The minimum Gasteiger partial charge on any atom is -0.482 e. The van der Waals surface area contributed by atoms with Crippen LogP contribution in [0.15, 0.2) is 40.9 Å².